The number of carbonyl (C=O) groups excluding carboxylic acids is 2. The molecule has 0 N–H and O–H groups in total. The number of esters is 2. The first-order chi connectivity index (χ1) is 10.9. The third-order valence-electron chi connectivity index (χ3n) is 3.31. The number of pyridine rings is 1. The second kappa shape index (κ2) is 5.68. The van der Waals surface area contributed by atoms with Crippen LogP contribution in [0.25, 0.3) is 17.2 Å². The molecule has 0 radical (unpaired) electrons. The van der Waals surface area contributed by atoms with Gasteiger partial charge in [-0.3, -0.25) is 4.98 Å². The van der Waals surface area contributed by atoms with Crippen molar-refractivity contribution < 1.29 is 19.1 Å². The fourth-order valence-corrected chi connectivity index (χ4v) is 2.29. The smallest absolute Gasteiger partial charge is 0.348 e. The SMILES string of the molecule is CC1(C)OC(=O)C(=Cc2cccc(-c3cccnc3)c2)C(=O)O1. The molecule has 0 atom stereocenters. The van der Waals surface area contributed by atoms with E-state index in [4.69, 9.17) is 9.47 Å². The van der Waals surface area contributed by atoms with Crippen LogP contribution in [0.1, 0.15) is 19.4 Å². The maximum atomic E-state index is 12.0. The van der Waals surface area contributed by atoms with Crippen molar-refractivity contribution in [1.82, 2.24) is 4.98 Å². The summed E-state index contributed by atoms with van der Waals surface area (Å²) in [4.78, 5) is 28.0. The van der Waals surface area contributed by atoms with Crippen LogP contribution in [-0.4, -0.2) is 22.7 Å². The van der Waals surface area contributed by atoms with Crippen molar-refractivity contribution in [1.29, 1.82) is 0 Å². The Morgan fingerprint density at radius 3 is 2.35 bits per heavy atom. The number of ether oxygens (including phenoxy) is 2. The molecule has 116 valence electrons. The Morgan fingerprint density at radius 1 is 1.00 bits per heavy atom. The predicted octanol–water partition coefficient (Wildman–Crippen LogP) is 2.97. The maximum Gasteiger partial charge on any atom is 0.348 e. The maximum absolute atomic E-state index is 12.0. The molecule has 0 unspecified atom stereocenters. The number of hydrogen-bond donors (Lipinski definition) is 0. The van der Waals surface area contributed by atoms with E-state index in [9.17, 15) is 9.59 Å². The van der Waals surface area contributed by atoms with Crippen molar-refractivity contribution in [2.24, 2.45) is 0 Å². The number of rotatable bonds is 2. The Labute approximate surface area is 133 Å². The Morgan fingerprint density at radius 2 is 1.70 bits per heavy atom. The summed E-state index contributed by atoms with van der Waals surface area (Å²) in [6.45, 7) is 3.03. The minimum Gasteiger partial charge on any atom is -0.419 e. The molecule has 5 heteroatoms. The van der Waals surface area contributed by atoms with Gasteiger partial charge in [-0.05, 0) is 29.3 Å². The molecular formula is C18H15NO4. The Balaban J connectivity index is 1.94. The fourth-order valence-electron chi connectivity index (χ4n) is 2.29. The van der Waals surface area contributed by atoms with Crippen molar-refractivity contribution in [2.75, 3.05) is 0 Å². The minimum absolute atomic E-state index is 0.118. The summed E-state index contributed by atoms with van der Waals surface area (Å²) in [6, 6.07) is 11.2. The van der Waals surface area contributed by atoms with Gasteiger partial charge in [0.25, 0.3) is 5.79 Å². The molecule has 2 aromatic rings. The lowest BCUT2D eigenvalue weighted by atomic mass is 10.0. The summed E-state index contributed by atoms with van der Waals surface area (Å²) in [5.41, 5.74) is 2.47. The normalized spacial score (nSPS) is 16.5. The molecule has 0 saturated carbocycles. The third-order valence-corrected chi connectivity index (χ3v) is 3.31. The van der Waals surface area contributed by atoms with Gasteiger partial charge >= 0.3 is 11.9 Å². The zero-order chi connectivity index (χ0) is 16.4. The molecule has 0 bridgehead atoms. The molecule has 0 amide bonds. The molecule has 1 aromatic heterocycles. The van der Waals surface area contributed by atoms with Gasteiger partial charge in [-0.15, -0.1) is 0 Å². The first-order valence-corrected chi connectivity index (χ1v) is 7.13. The van der Waals surface area contributed by atoms with Crippen molar-refractivity contribution in [3.05, 3.63) is 59.9 Å². The number of aromatic nitrogens is 1. The van der Waals surface area contributed by atoms with Gasteiger partial charge in [0.2, 0.25) is 0 Å². The van der Waals surface area contributed by atoms with E-state index in [-0.39, 0.29) is 5.57 Å². The van der Waals surface area contributed by atoms with Crippen molar-refractivity contribution in [3.8, 4) is 11.1 Å². The molecule has 23 heavy (non-hydrogen) atoms. The predicted molar refractivity (Wildman–Crippen MR) is 83.9 cm³/mol. The standard InChI is InChI=1S/C18H15NO4/c1-18(2)22-16(20)15(17(21)23-18)10-12-5-3-6-13(9-12)14-7-4-8-19-11-14/h3-11H,1-2H3. The zero-order valence-electron chi connectivity index (χ0n) is 12.8. The number of cyclic esters (lactones) is 2. The van der Waals surface area contributed by atoms with Crippen molar-refractivity contribution in [2.45, 2.75) is 19.6 Å². The highest BCUT2D eigenvalue weighted by atomic mass is 16.7. The van der Waals surface area contributed by atoms with Crippen LogP contribution in [0, 0.1) is 0 Å². The van der Waals surface area contributed by atoms with Crippen LogP contribution in [0.2, 0.25) is 0 Å². The third kappa shape index (κ3) is 3.29. The highest BCUT2D eigenvalue weighted by molar-refractivity contribution is 6.18. The van der Waals surface area contributed by atoms with Crippen LogP contribution in [0.4, 0.5) is 0 Å². The monoisotopic (exact) mass is 309 g/mol. The lowest BCUT2D eigenvalue weighted by Gasteiger charge is -2.29. The molecule has 1 aliphatic heterocycles. The van der Waals surface area contributed by atoms with E-state index >= 15 is 0 Å². The molecule has 3 rings (SSSR count). The first-order valence-electron chi connectivity index (χ1n) is 7.13. The van der Waals surface area contributed by atoms with E-state index in [1.165, 1.54) is 19.9 Å². The molecule has 2 heterocycles. The summed E-state index contributed by atoms with van der Waals surface area (Å²) in [5, 5.41) is 0. The molecular weight excluding hydrogens is 294 g/mol. The van der Waals surface area contributed by atoms with Gasteiger partial charge in [-0.1, -0.05) is 24.3 Å². The van der Waals surface area contributed by atoms with E-state index in [0.29, 0.717) is 5.56 Å². The molecule has 1 fully saturated rings. The first kappa shape index (κ1) is 15.0. The van der Waals surface area contributed by atoms with E-state index < -0.39 is 17.7 Å². The van der Waals surface area contributed by atoms with Crippen LogP contribution in [0.5, 0.6) is 0 Å². The van der Waals surface area contributed by atoms with Crippen LogP contribution in [0.15, 0.2) is 54.4 Å². The lowest BCUT2D eigenvalue weighted by molar-refractivity contribution is -0.222. The van der Waals surface area contributed by atoms with Gasteiger partial charge in [0.1, 0.15) is 5.57 Å². The number of hydrogen-bond acceptors (Lipinski definition) is 5. The van der Waals surface area contributed by atoms with Gasteiger partial charge in [-0.2, -0.15) is 0 Å². The molecule has 1 aromatic carbocycles. The van der Waals surface area contributed by atoms with E-state index in [2.05, 4.69) is 4.98 Å². The second-order valence-electron chi connectivity index (χ2n) is 5.60. The van der Waals surface area contributed by atoms with E-state index in [1.54, 1.807) is 18.5 Å². The lowest BCUT2D eigenvalue weighted by Crippen LogP contribution is -2.41. The topological polar surface area (TPSA) is 65.5 Å². The van der Waals surface area contributed by atoms with Gasteiger partial charge in [-0.25, -0.2) is 9.59 Å². The van der Waals surface area contributed by atoms with Crippen molar-refractivity contribution >= 4 is 18.0 Å². The Hall–Kier alpha value is -2.95. The van der Waals surface area contributed by atoms with Gasteiger partial charge < -0.3 is 9.47 Å². The van der Waals surface area contributed by atoms with Gasteiger partial charge in [0.15, 0.2) is 0 Å². The minimum atomic E-state index is -1.23. The van der Waals surface area contributed by atoms with Crippen LogP contribution in [0.3, 0.4) is 0 Å². The second-order valence-corrected chi connectivity index (χ2v) is 5.60. The molecule has 5 nitrogen and oxygen atoms in total. The summed E-state index contributed by atoms with van der Waals surface area (Å²) >= 11 is 0. The average Bonchev–Trinajstić information content (AvgIpc) is 2.51. The van der Waals surface area contributed by atoms with Crippen LogP contribution >= 0.6 is 0 Å². The fraction of sp³-hybridized carbons (Fsp3) is 0.167. The number of nitrogens with zero attached hydrogens (tertiary/aromatic N) is 1. The van der Waals surface area contributed by atoms with Crippen molar-refractivity contribution in [3.63, 3.8) is 0 Å². The van der Waals surface area contributed by atoms with Crippen LogP contribution < -0.4 is 0 Å². The quantitative estimate of drug-likeness (QED) is 0.485. The largest absolute Gasteiger partial charge is 0.419 e. The molecule has 0 spiro atoms. The highest BCUT2D eigenvalue weighted by Gasteiger charge is 2.38. The van der Waals surface area contributed by atoms with E-state index in [0.717, 1.165) is 11.1 Å². The van der Waals surface area contributed by atoms with E-state index in [1.807, 2.05) is 30.3 Å². The van der Waals surface area contributed by atoms with Gasteiger partial charge in [0.05, 0.1) is 0 Å². The molecule has 1 saturated heterocycles. The molecule has 1 aliphatic rings. The highest BCUT2D eigenvalue weighted by Crippen LogP contribution is 2.25. The number of carbonyl (C=O) groups is 2. The summed E-state index contributed by atoms with van der Waals surface area (Å²) in [7, 11) is 0. The number of benzene rings is 1. The summed E-state index contributed by atoms with van der Waals surface area (Å²) < 4.78 is 10.2. The van der Waals surface area contributed by atoms with Crippen LogP contribution in [-0.2, 0) is 19.1 Å². The zero-order valence-corrected chi connectivity index (χ0v) is 12.8. The Kier molecular flexibility index (Phi) is 3.70. The summed E-state index contributed by atoms with van der Waals surface area (Å²) in [5.74, 6) is -2.60. The molecule has 0 aliphatic carbocycles. The van der Waals surface area contributed by atoms with Gasteiger partial charge in [0, 0.05) is 31.8 Å². The Bertz CT molecular complexity index is 772. The average molecular weight is 309 g/mol. The summed E-state index contributed by atoms with van der Waals surface area (Å²) in [6.07, 6.45) is 4.92.